The van der Waals surface area contributed by atoms with Crippen LogP contribution in [0.2, 0.25) is 5.02 Å². The highest BCUT2D eigenvalue weighted by molar-refractivity contribution is 6.33. The van der Waals surface area contributed by atoms with Crippen molar-refractivity contribution in [3.8, 4) is 11.5 Å². The van der Waals surface area contributed by atoms with Crippen molar-refractivity contribution in [1.82, 2.24) is 4.90 Å². The molecule has 0 aromatic heterocycles. The molecule has 0 amide bonds. The third-order valence-electron chi connectivity index (χ3n) is 4.74. The van der Waals surface area contributed by atoms with E-state index in [0.29, 0.717) is 16.5 Å². The number of ether oxygens (including phenoxy) is 2. The Hall–Kier alpha value is -1.98. The monoisotopic (exact) mass is 378 g/mol. The molecule has 0 aliphatic carbocycles. The molecule has 0 unspecified atom stereocenters. The fourth-order valence-corrected chi connectivity index (χ4v) is 3.63. The molecule has 0 atom stereocenters. The molecular formula is C20H24ClFN2O2. The molecule has 4 nitrogen and oxygen atoms in total. The van der Waals surface area contributed by atoms with Crippen molar-refractivity contribution in [3.05, 3.63) is 52.8 Å². The summed E-state index contributed by atoms with van der Waals surface area (Å²) in [7, 11) is 3.20. The molecule has 1 fully saturated rings. The van der Waals surface area contributed by atoms with Crippen molar-refractivity contribution in [3.63, 3.8) is 0 Å². The van der Waals surface area contributed by atoms with Crippen LogP contribution in [0.4, 0.5) is 10.1 Å². The van der Waals surface area contributed by atoms with Gasteiger partial charge in [-0.2, -0.15) is 0 Å². The molecular weight excluding hydrogens is 355 g/mol. The molecule has 2 aromatic carbocycles. The van der Waals surface area contributed by atoms with Crippen molar-refractivity contribution < 1.29 is 13.9 Å². The van der Waals surface area contributed by atoms with Gasteiger partial charge in [-0.1, -0.05) is 17.7 Å². The summed E-state index contributed by atoms with van der Waals surface area (Å²) in [5.41, 5.74) is 2.09. The van der Waals surface area contributed by atoms with E-state index in [9.17, 15) is 4.39 Å². The SMILES string of the molecule is COc1ccc(CN2CCCN(c3ccc(F)cc3)CC2)c(Cl)c1OC. The number of anilines is 1. The number of hydrogen-bond donors (Lipinski definition) is 0. The van der Waals surface area contributed by atoms with Gasteiger partial charge in [0, 0.05) is 38.4 Å². The first kappa shape index (κ1) is 18.8. The van der Waals surface area contributed by atoms with Crippen molar-refractivity contribution in [2.45, 2.75) is 13.0 Å². The molecule has 2 aromatic rings. The summed E-state index contributed by atoms with van der Waals surface area (Å²) >= 11 is 6.51. The third-order valence-corrected chi connectivity index (χ3v) is 5.15. The Balaban J connectivity index is 1.67. The highest BCUT2D eigenvalue weighted by Crippen LogP contribution is 2.37. The molecule has 1 saturated heterocycles. The minimum Gasteiger partial charge on any atom is -0.493 e. The minimum atomic E-state index is -0.201. The fourth-order valence-electron chi connectivity index (χ4n) is 3.33. The van der Waals surface area contributed by atoms with Crippen LogP contribution < -0.4 is 14.4 Å². The Labute approximate surface area is 159 Å². The van der Waals surface area contributed by atoms with E-state index < -0.39 is 0 Å². The zero-order chi connectivity index (χ0) is 18.5. The molecule has 1 aliphatic rings. The summed E-state index contributed by atoms with van der Waals surface area (Å²) in [6.07, 6.45) is 1.04. The van der Waals surface area contributed by atoms with Crippen LogP contribution in [0, 0.1) is 5.82 Å². The van der Waals surface area contributed by atoms with E-state index in [0.717, 1.165) is 50.4 Å². The Morgan fingerprint density at radius 1 is 0.962 bits per heavy atom. The van der Waals surface area contributed by atoms with E-state index in [-0.39, 0.29) is 5.82 Å². The number of benzene rings is 2. The van der Waals surface area contributed by atoms with Gasteiger partial charge >= 0.3 is 0 Å². The van der Waals surface area contributed by atoms with Crippen molar-refractivity contribution >= 4 is 17.3 Å². The van der Waals surface area contributed by atoms with Gasteiger partial charge < -0.3 is 14.4 Å². The van der Waals surface area contributed by atoms with Crippen LogP contribution in [0.15, 0.2) is 36.4 Å². The lowest BCUT2D eigenvalue weighted by Crippen LogP contribution is -2.30. The van der Waals surface area contributed by atoms with E-state index in [2.05, 4.69) is 9.80 Å². The predicted molar refractivity (Wildman–Crippen MR) is 103 cm³/mol. The van der Waals surface area contributed by atoms with Gasteiger partial charge in [0.1, 0.15) is 5.82 Å². The Kier molecular flexibility index (Phi) is 6.22. The fraction of sp³-hybridized carbons (Fsp3) is 0.400. The van der Waals surface area contributed by atoms with E-state index in [1.54, 1.807) is 14.2 Å². The normalized spacial score (nSPS) is 15.6. The maximum Gasteiger partial charge on any atom is 0.179 e. The number of halogens is 2. The number of hydrogen-bond acceptors (Lipinski definition) is 4. The molecule has 0 spiro atoms. The topological polar surface area (TPSA) is 24.9 Å². The summed E-state index contributed by atoms with van der Waals surface area (Å²) < 4.78 is 23.8. The molecule has 3 rings (SSSR count). The molecule has 6 heteroatoms. The first-order chi connectivity index (χ1) is 12.6. The summed E-state index contributed by atoms with van der Waals surface area (Å²) in [6, 6.07) is 10.6. The second-order valence-electron chi connectivity index (χ2n) is 6.37. The van der Waals surface area contributed by atoms with E-state index in [1.807, 2.05) is 24.3 Å². The van der Waals surface area contributed by atoms with Gasteiger partial charge in [-0.25, -0.2) is 4.39 Å². The van der Waals surface area contributed by atoms with E-state index in [4.69, 9.17) is 21.1 Å². The van der Waals surface area contributed by atoms with E-state index in [1.165, 1.54) is 12.1 Å². The van der Waals surface area contributed by atoms with Crippen LogP contribution in [-0.2, 0) is 6.54 Å². The summed E-state index contributed by atoms with van der Waals surface area (Å²) in [5.74, 6) is 1.02. The van der Waals surface area contributed by atoms with Gasteiger partial charge in [-0.15, -0.1) is 0 Å². The van der Waals surface area contributed by atoms with Crippen LogP contribution in [0.3, 0.4) is 0 Å². The maximum absolute atomic E-state index is 13.1. The van der Waals surface area contributed by atoms with Gasteiger partial charge in [0.05, 0.1) is 19.2 Å². The van der Waals surface area contributed by atoms with Gasteiger partial charge in [-0.05, 0) is 42.3 Å². The lowest BCUT2D eigenvalue weighted by atomic mass is 10.1. The Morgan fingerprint density at radius 3 is 2.42 bits per heavy atom. The summed E-state index contributed by atoms with van der Waals surface area (Å²) in [5, 5.41) is 0.603. The molecule has 0 N–H and O–H groups in total. The minimum absolute atomic E-state index is 0.201. The zero-order valence-electron chi connectivity index (χ0n) is 15.2. The second-order valence-corrected chi connectivity index (χ2v) is 6.75. The predicted octanol–water partition coefficient (Wildman–Crippen LogP) is 4.21. The molecule has 26 heavy (non-hydrogen) atoms. The van der Waals surface area contributed by atoms with Crippen LogP contribution >= 0.6 is 11.6 Å². The van der Waals surface area contributed by atoms with Gasteiger partial charge in [0.15, 0.2) is 11.5 Å². The average molecular weight is 379 g/mol. The lowest BCUT2D eigenvalue weighted by molar-refractivity contribution is 0.284. The molecule has 1 heterocycles. The van der Waals surface area contributed by atoms with Crippen LogP contribution in [0.1, 0.15) is 12.0 Å². The van der Waals surface area contributed by atoms with E-state index >= 15 is 0 Å². The van der Waals surface area contributed by atoms with Gasteiger partial charge in [0.2, 0.25) is 0 Å². The van der Waals surface area contributed by atoms with Gasteiger partial charge in [0.25, 0.3) is 0 Å². The molecule has 0 radical (unpaired) electrons. The van der Waals surface area contributed by atoms with Crippen LogP contribution in [0.25, 0.3) is 0 Å². The lowest BCUT2D eigenvalue weighted by Gasteiger charge is -2.24. The number of nitrogens with zero attached hydrogens (tertiary/aromatic N) is 2. The molecule has 0 bridgehead atoms. The molecule has 1 aliphatic heterocycles. The zero-order valence-corrected chi connectivity index (χ0v) is 15.9. The number of rotatable bonds is 5. The highest BCUT2D eigenvalue weighted by Gasteiger charge is 2.19. The Morgan fingerprint density at radius 2 is 1.73 bits per heavy atom. The van der Waals surface area contributed by atoms with Crippen LogP contribution in [-0.4, -0.2) is 45.3 Å². The molecule has 140 valence electrons. The maximum atomic E-state index is 13.1. The van der Waals surface area contributed by atoms with Gasteiger partial charge in [-0.3, -0.25) is 4.90 Å². The average Bonchev–Trinajstić information content (AvgIpc) is 2.89. The Bertz CT molecular complexity index is 739. The summed E-state index contributed by atoms with van der Waals surface area (Å²) in [6.45, 7) is 4.53. The third kappa shape index (κ3) is 4.22. The standard InChI is InChI=1S/C20H24ClFN2O2/c1-25-18-9-4-15(19(21)20(18)26-2)14-23-10-3-11-24(13-12-23)17-7-5-16(22)6-8-17/h4-9H,3,10-14H2,1-2H3. The van der Waals surface area contributed by atoms with Crippen LogP contribution in [0.5, 0.6) is 11.5 Å². The first-order valence-corrected chi connectivity index (χ1v) is 9.12. The first-order valence-electron chi connectivity index (χ1n) is 8.74. The summed E-state index contributed by atoms with van der Waals surface area (Å²) in [4.78, 5) is 4.69. The van der Waals surface area contributed by atoms with Crippen molar-refractivity contribution in [2.24, 2.45) is 0 Å². The second kappa shape index (κ2) is 8.60. The largest absolute Gasteiger partial charge is 0.493 e. The van der Waals surface area contributed by atoms with Crippen molar-refractivity contribution in [1.29, 1.82) is 0 Å². The highest BCUT2D eigenvalue weighted by atomic mass is 35.5. The smallest absolute Gasteiger partial charge is 0.179 e. The quantitative estimate of drug-likeness (QED) is 0.778. The number of methoxy groups -OCH3 is 2. The molecule has 0 saturated carbocycles. The van der Waals surface area contributed by atoms with Crippen molar-refractivity contribution in [2.75, 3.05) is 45.3 Å².